The number of benzene rings is 2. The molecule has 0 spiro atoms. The van der Waals surface area contributed by atoms with Crippen molar-refractivity contribution in [2.75, 3.05) is 13.7 Å². The average Bonchev–Trinajstić information content (AvgIpc) is 3.12. The Bertz CT molecular complexity index is 882. The number of hydrogen-bond donors (Lipinski definition) is 0. The van der Waals surface area contributed by atoms with Gasteiger partial charge in [-0.15, -0.1) is 10.2 Å². The Morgan fingerprint density at radius 2 is 1.81 bits per heavy atom. The average molecular weight is 376 g/mol. The molecule has 0 bridgehead atoms. The van der Waals surface area contributed by atoms with E-state index in [2.05, 4.69) is 14.9 Å². The molecule has 3 rings (SSSR count). The van der Waals surface area contributed by atoms with Crippen molar-refractivity contribution >= 4 is 0 Å². The molecule has 0 atom stereocenters. The topological polar surface area (TPSA) is 66.6 Å². The van der Waals surface area contributed by atoms with Gasteiger partial charge in [0.15, 0.2) is 11.5 Å². The van der Waals surface area contributed by atoms with Gasteiger partial charge in [0, 0.05) is 5.56 Å². The standard InChI is InChI=1S/C19H18F2N2O4/c1-3-25-16-11-13(6-9-15(16)26-19(20)21)18-23-22-17(27-18)10-12-4-7-14(24-2)8-5-12/h4-9,11,19H,3,10H2,1-2H3. The lowest BCUT2D eigenvalue weighted by molar-refractivity contribution is -0.0514. The maximum absolute atomic E-state index is 12.5. The van der Waals surface area contributed by atoms with Crippen LogP contribution in [0.4, 0.5) is 8.78 Å². The van der Waals surface area contributed by atoms with E-state index in [1.807, 2.05) is 24.3 Å². The van der Waals surface area contributed by atoms with E-state index in [0.29, 0.717) is 24.5 Å². The van der Waals surface area contributed by atoms with Crippen molar-refractivity contribution in [2.24, 2.45) is 0 Å². The Hall–Kier alpha value is -3.16. The van der Waals surface area contributed by atoms with Crippen LogP contribution in [-0.4, -0.2) is 30.5 Å². The smallest absolute Gasteiger partial charge is 0.387 e. The highest BCUT2D eigenvalue weighted by Crippen LogP contribution is 2.33. The molecule has 0 aliphatic rings. The Morgan fingerprint density at radius 3 is 2.48 bits per heavy atom. The van der Waals surface area contributed by atoms with E-state index in [9.17, 15) is 8.78 Å². The summed E-state index contributed by atoms with van der Waals surface area (Å²) in [5.41, 5.74) is 1.54. The minimum Gasteiger partial charge on any atom is -0.497 e. The minimum atomic E-state index is -2.94. The molecule has 142 valence electrons. The summed E-state index contributed by atoms with van der Waals surface area (Å²) in [6.07, 6.45) is 0.460. The third-order valence-corrected chi connectivity index (χ3v) is 3.69. The first-order valence-electron chi connectivity index (χ1n) is 8.26. The van der Waals surface area contributed by atoms with Crippen molar-refractivity contribution in [3.63, 3.8) is 0 Å². The van der Waals surface area contributed by atoms with Crippen molar-refractivity contribution in [1.82, 2.24) is 10.2 Å². The van der Waals surface area contributed by atoms with Gasteiger partial charge in [0.25, 0.3) is 0 Å². The number of nitrogens with zero attached hydrogens (tertiary/aromatic N) is 2. The first-order valence-corrected chi connectivity index (χ1v) is 8.26. The summed E-state index contributed by atoms with van der Waals surface area (Å²) >= 11 is 0. The molecule has 2 aromatic carbocycles. The Morgan fingerprint density at radius 1 is 1.04 bits per heavy atom. The van der Waals surface area contributed by atoms with Crippen LogP contribution in [0.2, 0.25) is 0 Å². The van der Waals surface area contributed by atoms with Crippen LogP contribution in [0.1, 0.15) is 18.4 Å². The fourth-order valence-corrected chi connectivity index (χ4v) is 2.46. The van der Waals surface area contributed by atoms with Crippen molar-refractivity contribution < 1.29 is 27.4 Å². The number of rotatable bonds is 8. The van der Waals surface area contributed by atoms with Gasteiger partial charge < -0.3 is 18.6 Å². The maximum Gasteiger partial charge on any atom is 0.387 e. The third-order valence-electron chi connectivity index (χ3n) is 3.69. The van der Waals surface area contributed by atoms with Gasteiger partial charge in [0.1, 0.15) is 5.75 Å². The molecule has 1 heterocycles. The lowest BCUT2D eigenvalue weighted by Gasteiger charge is -2.11. The fourth-order valence-electron chi connectivity index (χ4n) is 2.46. The largest absolute Gasteiger partial charge is 0.497 e. The zero-order valence-corrected chi connectivity index (χ0v) is 14.8. The molecule has 1 aromatic heterocycles. The predicted molar refractivity (Wildman–Crippen MR) is 93.3 cm³/mol. The van der Waals surface area contributed by atoms with E-state index in [-0.39, 0.29) is 17.4 Å². The molecular formula is C19H18F2N2O4. The predicted octanol–water partition coefficient (Wildman–Crippen LogP) is 4.34. The first kappa shape index (κ1) is 18.6. The summed E-state index contributed by atoms with van der Waals surface area (Å²) in [5, 5.41) is 8.06. The quantitative estimate of drug-likeness (QED) is 0.583. The molecule has 0 aliphatic heterocycles. The van der Waals surface area contributed by atoms with Crippen LogP contribution >= 0.6 is 0 Å². The monoisotopic (exact) mass is 376 g/mol. The van der Waals surface area contributed by atoms with Gasteiger partial charge in [-0.3, -0.25) is 0 Å². The molecule has 0 amide bonds. The lowest BCUT2D eigenvalue weighted by atomic mass is 10.1. The molecule has 0 saturated heterocycles. The van der Waals surface area contributed by atoms with Crippen molar-refractivity contribution in [2.45, 2.75) is 20.0 Å². The van der Waals surface area contributed by atoms with Gasteiger partial charge in [-0.05, 0) is 42.8 Å². The molecule has 0 fully saturated rings. The number of hydrogen-bond acceptors (Lipinski definition) is 6. The second-order valence-electron chi connectivity index (χ2n) is 5.50. The van der Waals surface area contributed by atoms with Gasteiger partial charge >= 0.3 is 6.61 Å². The molecule has 27 heavy (non-hydrogen) atoms. The molecule has 0 N–H and O–H groups in total. The molecular weight excluding hydrogens is 358 g/mol. The molecule has 0 unspecified atom stereocenters. The van der Waals surface area contributed by atoms with Gasteiger partial charge in [0.2, 0.25) is 11.8 Å². The highest BCUT2D eigenvalue weighted by atomic mass is 19.3. The van der Waals surface area contributed by atoms with Crippen LogP contribution in [0.15, 0.2) is 46.9 Å². The molecule has 0 aliphatic carbocycles. The molecule has 6 nitrogen and oxygen atoms in total. The summed E-state index contributed by atoms with van der Waals surface area (Å²) in [7, 11) is 1.60. The van der Waals surface area contributed by atoms with Crippen molar-refractivity contribution in [1.29, 1.82) is 0 Å². The normalized spacial score (nSPS) is 10.9. The Labute approximate surface area is 154 Å². The van der Waals surface area contributed by atoms with Gasteiger partial charge in [-0.1, -0.05) is 12.1 Å². The highest BCUT2D eigenvalue weighted by Gasteiger charge is 2.15. The number of aromatic nitrogens is 2. The van der Waals surface area contributed by atoms with E-state index >= 15 is 0 Å². The lowest BCUT2D eigenvalue weighted by Crippen LogP contribution is -2.04. The van der Waals surface area contributed by atoms with Crippen molar-refractivity contribution in [3.05, 3.63) is 53.9 Å². The van der Waals surface area contributed by atoms with Crippen LogP contribution in [0.25, 0.3) is 11.5 Å². The summed E-state index contributed by atoms with van der Waals surface area (Å²) in [6, 6.07) is 12.0. The van der Waals surface area contributed by atoms with Crippen LogP contribution < -0.4 is 14.2 Å². The summed E-state index contributed by atoms with van der Waals surface area (Å²) in [6.45, 7) is -0.886. The van der Waals surface area contributed by atoms with E-state index in [1.165, 1.54) is 12.1 Å². The molecule has 0 radical (unpaired) electrons. The van der Waals surface area contributed by atoms with Gasteiger partial charge in [0.05, 0.1) is 20.1 Å². The molecule has 3 aromatic rings. The van der Waals surface area contributed by atoms with E-state index in [0.717, 1.165) is 11.3 Å². The number of methoxy groups -OCH3 is 1. The van der Waals surface area contributed by atoms with E-state index in [1.54, 1.807) is 20.1 Å². The number of ether oxygens (including phenoxy) is 3. The van der Waals surface area contributed by atoms with Gasteiger partial charge in [-0.2, -0.15) is 8.78 Å². The van der Waals surface area contributed by atoms with Gasteiger partial charge in [-0.25, -0.2) is 0 Å². The summed E-state index contributed by atoms with van der Waals surface area (Å²) < 4.78 is 45.6. The minimum absolute atomic E-state index is 0.0476. The fraction of sp³-hybridized carbons (Fsp3) is 0.263. The number of alkyl halides is 2. The molecule has 8 heteroatoms. The van der Waals surface area contributed by atoms with E-state index in [4.69, 9.17) is 13.9 Å². The molecule has 0 saturated carbocycles. The SMILES string of the molecule is CCOc1cc(-c2nnc(Cc3ccc(OC)cc3)o2)ccc1OC(F)F. The van der Waals surface area contributed by atoms with Crippen molar-refractivity contribution in [3.8, 4) is 28.7 Å². The summed E-state index contributed by atoms with van der Waals surface area (Å²) in [4.78, 5) is 0. The summed E-state index contributed by atoms with van der Waals surface area (Å²) in [5.74, 6) is 1.60. The number of halogens is 2. The third kappa shape index (κ3) is 4.72. The van der Waals surface area contributed by atoms with Crippen LogP contribution in [0.5, 0.6) is 17.2 Å². The maximum atomic E-state index is 12.5. The highest BCUT2D eigenvalue weighted by molar-refractivity contribution is 5.59. The van der Waals surface area contributed by atoms with Crippen LogP contribution in [0.3, 0.4) is 0 Å². The zero-order valence-electron chi connectivity index (χ0n) is 14.8. The zero-order chi connectivity index (χ0) is 19.2. The Balaban J connectivity index is 1.79. The second-order valence-corrected chi connectivity index (χ2v) is 5.50. The Kier molecular flexibility index (Phi) is 5.85. The van der Waals surface area contributed by atoms with Crippen LogP contribution in [0, 0.1) is 0 Å². The second kappa shape index (κ2) is 8.48. The first-order chi connectivity index (χ1) is 13.1. The van der Waals surface area contributed by atoms with Crippen LogP contribution in [-0.2, 0) is 6.42 Å². The van der Waals surface area contributed by atoms with E-state index < -0.39 is 6.61 Å².